The highest BCUT2D eigenvalue weighted by Crippen LogP contribution is 2.25. The third kappa shape index (κ3) is 3.72. The molecule has 1 rings (SSSR count). The van der Waals surface area contributed by atoms with Crippen molar-refractivity contribution in [2.24, 2.45) is 0 Å². The van der Waals surface area contributed by atoms with Gasteiger partial charge in [-0.2, -0.15) is 13.2 Å². The topological polar surface area (TPSA) is 26.3 Å². The average molecular weight is 264 g/mol. The Morgan fingerprint density at radius 2 is 2.00 bits per heavy atom. The molecule has 0 bridgehead atoms. The van der Waals surface area contributed by atoms with Crippen LogP contribution in [-0.2, 0) is 0 Å². The van der Waals surface area contributed by atoms with Crippen molar-refractivity contribution in [3.05, 3.63) is 29.6 Å². The number of hydrogen-bond donors (Lipinski definition) is 0. The Morgan fingerprint density at radius 1 is 1.33 bits per heavy atom. The number of unbranched alkanes of at least 4 members (excludes halogenated alkanes) is 1. The molecule has 0 atom stereocenters. The van der Waals surface area contributed by atoms with Gasteiger partial charge in [0.2, 0.25) is 0 Å². The molecule has 100 valence electrons. The van der Waals surface area contributed by atoms with Crippen molar-refractivity contribution in [2.45, 2.75) is 25.9 Å². The highest BCUT2D eigenvalue weighted by Gasteiger charge is 2.39. The Morgan fingerprint density at radius 3 is 2.56 bits per heavy atom. The van der Waals surface area contributed by atoms with Gasteiger partial charge >= 0.3 is 6.18 Å². The van der Waals surface area contributed by atoms with E-state index in [1.165, 1.54) is 0 Å². The van der Waals surface area contributed by atoms with Gasteiger partial charge in [0.05, 0.1) is 6.61 Å². The van der Waals surface area contributed by atoms with Crippen molar-refractivity contribution >= 4 is 5.78 Å². The van der Waals surface area contributed by atoms with Gasteiger partial charge in [0.1, 0.15) is 0 Å². The second kappa shape index (κ2) is 5.84. The summed E-state index contributed by atoms with van der Waals surface area (Å²) in [7, 11) is 0. The lowest BCUT2D eigenvalue weighted by Crippen LogP contribution is -2.22. The van der Waals surface area contributed by atoms with Crippen molar-refractivity contribution in [1.29, 1.82) is 0 Å². The maximum Gasteiger partial charge on any atom is 0.454 e. The Hall–Kier alpha value is -1.59. The summed E-state index contributed by atoms with van der Waals surface area (Å²) in [4.78, 5) is 11.0. The summed E-state index contributed by atoms with van der Waals surface area (Å²) in [5.41, 5.74) is -0.629. The Kier molecular flexibility index (Phi) is 4.69. The van der Waals surface area contributed by atoms with E-state index in [2.05, 4.69) is 0 Å². The zero-order valence-corrected chi connectivity index (χ0v) is 9.68. The number of halogens is 4. The fourth-order valence-corrected chi connectivity index (χ4v) is 1.25. The summed E-state index contributed by atoms with van der Waals surface area (Å²) in [6.45, 7) is 2.08. The maximum atomic E-state index is 13.2. The molecular weight excluding hydrogens is 252 g/mol. The second-order valence-corrected chi connectivity index (χ2v) is 3.67. The van der Waals surface area contributed by atoms with Crippen LogP contribution in [0.4, 0.5) is 17.6 Å². The lowest BCUT2D eigenvalue weighted by molar-refractivity contribution is -0.0885. The van der Waals surface area contributed by atoms with E-state index in [1.54, 1.807) is 0 Å². The minimum atomic E-state index is -4.97. The first-order valence-electron chi connectivity index (χ1n) is 5.40. The number of alkyl halides is 3. The third-order valence-corrected chi connectivity index (χ3v) is 2.21. The molecule has 0 radical (unpaired) electrons. The zero-order chi connectivity index (χ0) is 13.8. The van der Waals surface area contributed by atoms with Crippen LogP contribution in [0.2, 0.25) is 0 Å². The number of ether oxygens (including phenoxy) is 1. The highest BCUT2D eigenvalue weighted by molar-refractivity contribution is 6.00. The van der Waals surface area contributed by atoms with Gasteiger partial charge in [-0.05, 0) is 24.6 Å². The fourth-order valence-electron chi connectivity index (χ4n) is 1.25. The van der Waals surface area contributed by atoms with E-state index < -0.39 is 23.3 Å². The van der Waals surface area contributed by atoms with Crippen LogP contribution in [0.5, 0.6) is 5.75 Å². The average Bonchev–Trinajstić information content (AvgIpc) is 2.30. The standard InChI is InChI=1S/C12H12F4O2/c1-2-3-6-18-10-7-8(4-5-9(10)13)11(17)12(14,15)16/h4-5,7H,2-3,6H2,1H3. The summed E-state index contributed by atoms with van der Waals surface area (Å²) in [6, 6.07) is 2.36. The van der Waals surface area contributed by atoms with Crippen LogP contribution in [0.15, 0.2) is 18.2 Å². The summed E-state index contributed by atoms with van der Waals surface area (Å²) < 4.78 is 54.8. The molecule has 0 aliphatic carbocycles. The molecule has 2 nitrogen and oxygen atoms in total. The molecular formula is C12H12F4O2. The molecule has 0 spiro atoms. The summed E-state index contributed by atoms with van der Waals surface area (Å²) in [6.07, 6.45) is -3.52. The molecule has 1 aromatic carbocycles. The third-order valence-electron chi connectivity index (χ3n) is 2.21. The van der Waals surface area contributed by atoms with Crippen molar-refractivity contribution < 1.29 is 27.1 Å². The molecule has 6 heteroatoms. The Balaban J connectivity index is 2.90. The van der Waals surface area contributed by atoms with E-state index in [4.69, 9.17) is 4.74 Å². The number of carbonyl (C=O) groups excluding carboxylic acids is 1. The first-order chi connectivity index (χ1) is 8.36. The van der Waals surface area contributed by atoms with Gasteiger partial charge < -0.3 is 4.74 Å². The second-order valence-electron chi connectivity index (χ2n) is 3.67. The van der Waals surface area contributed by atoms with Gasteiger partial charge in [-0.3, -0.25) is 4.79 Å². The Bertz CT molecular complexity index is 427. The van der Waals surface area contributed by atoms with Gasteiger partial charge in [-0.15, -0.1) is 0 Å². The van der Waals surface area contributed by atoms with Crippen LogP contribution in [0.3, 0.4) is 0 Å². The highest BCUT2D eigenvalue weighted by atomic mass is 19.4. The molecule has 0 aliphatic heterocycles. The fraction of sp³-hybridized carbons (Fsp3) is 0.417. The van der Waals surface area contributed by atoms with Crippen LogP contribution < -0.4 is 4.74 Å². The lowest BCUT2D eigenvalue weighted by Gasteiger charge is -2.09. The molecule has 0 saturated heterocycles. The van der Waals surface area contributed by atoms with Crippen molar-refractivity contribution in [2.75, 3.05) is 6.61 Å². The quantitative estimate of drug-likeness (QED) is 0.460. The molecule has 0 heterocycles. The normalized spacial score (nSPS) is 11.4. The van der Waals surface area contributed by atoms with E-state index >= 15 is 0 Å². The predicted molar refractivity (Wildman–Crippen MR) is 57.2 cm³/mol. The van der Waals surface area contributed by atoms with Crippen LogP contribution >= 0.6 is 0 Å². The number of rotatable bonds is 5. The number of carbonyl (C=O) groups is 1. The monoisotopic (exact) mass is 264 g/mol. The maximum absolute atomic E-state index is 13.2. The molecule has 0 amide bonds. The van der Waals surface area contributed by atoms with Crippen LogP contribution in [0.25, 0.3) is 0 Å². The smallest absolute Gasteiger partial charge is 0.454 e. The van der Waals surface area contributed by atoms with Crippen LogP contribution in [0.1, 0.15) is 30.1 Å². The van der Waals surface area contributed by atoms with Gasteiger partial charge in [-0.1, -0.05) is 13.3 Å². The summed E-state index contributed by atoms with van der Waals surface area (Å²) in [5, 5.41) is 0. The molecule has 0 N–H and O–H groups in total. The number of Topliss-reactive ketones (excluding diaryl/α,β-unsaturated/α-hetero) is 1. The molecule has 0 unspecified atom stereocenters. The number of ketones is 1. The molecule has 0 fully saturated rings. The Labute approximate surface area is 102 Å². The van der Waals surface area contributed by atoms with Crippen LogP contribution in [-0.4, -0.2) is 18.6 Å². The predicted octanol–water partition coefficient (Wildman–Crippen LogP) is 3.75. The van der Waals surface area contributed by atoms with Crippen molar-refractivity contribution in [3.8, 4) is 5.75 Å². The summed E-state index contributed by atoms with van der Waals surface area (Å²) in [5.74, 6) is -3.13. The minimum absolute atomic E-state index is 0.192. The SMILES string of the molecule is CCCCOc1cc(C(=O)C(F)(F)F)ccc1F. The van der Waals surface area contributed by atoms with Gasteiger partial charge in [0.25, 0.3) is 5.78 Å². The van der Waals surface area contributed by atoms with Gasteiger partial charge in [-0.25, -0.2) is 4.39 Å². The molecule has 1 aromatic rings. The van der Waals surface area contributed by atoms with Gasteiger partial charge in [0.15, 0.2) is 11.6 Å². The number of hydrogen-bond acceptors (Lipinski definition) is 2. The van der Waals surface area contributed by atoms with Crippen LogP contribution in [0, 0.1) is 5.82 Å². The van der Waals surface area contributed by atoms with E-state index in [0.717, 1.165) is 24.6 Å². The molecule has 0 aromatic heterocycles. The van der Waals surface area contributed by atoms with Crippen molar-refractivity contribution in [1.82, 2.24) is 0 Å². The molecule has 18 heavy (non-hydrogen) atoms. The van der Waals surface area contributed by atoms with Gasteiger partial charge in [0, 0.05) is 5.56 Å². The van der Waals surface area contributed by atoms with Crippen molar-refractivity contribution in [3.63, 3.8) is 0 Å². The molecule has 0 saturated carbocycles. The summed E-state index contributed by atoms with van der Waals surface area (Å²) >= 11 is 0. The molecule has 0 aliphatic rings. The van der Waals surface area contributed by atoms with E-state index in [0.29, 0.717) is 6.42 Å². The van der Waals surface area contributed by atoms with E-state index in [1.807, 2.05) is 6.92 Å². The van der Waals surface area contributed by atoms with E-state index in [-0.39, 0.29) is 12.4 Å². The first-order valence-corrected chi connectivity index (χ1v) is 5.40. The van der Waals surface area contributed by atoms with E-state index in [9.17, 15) is 22.4 Å². The first kappa shape index (κ1) is 14.5. The lowest BCUT2D eigenvalue weighted by atomic mass is 10.1. The zero-order valence-electron chi connectivity index (χ0n) is 9.68. The largest absolute Gasteiger partial charge is 0.490 e. The minimum Gasteiger partial charge on any atom is -0.490 e. The number of benzene rings is 1.